The van der Waals surface area contributed by atoms with Gasteiger partial charge in [-0.1, -0.05) is 47.6 Å². The molecule has 0 fully saturated rings. The van der Waals surface area contributed by atoms with Gasteiger partial charge in [0.1, 0.15) is 0 Å². The summed E-state index contributed by atoms with van der Waals surface area (Å²) in [6.45, 7) is 13.5. The van der Waals surface area contributed by atoms with Crippen LogP contribution in [0.5, 0.6) is 0 Å². The van der Waals surface area contributed by atoms with Crippen LogP contribution in [-0.2, 0) is 11.8 Å². The molecule has 1 aromatic carbocycles. The number of benzene rings is 1. The zero-order valence-electron chi connectivity index (χ0n) is 12.3. The van der Waals surface area contributed by atoms with Gasteiger partial charge in [-0.05, 0) is 29.5 Å². The molecule has 0 aliphatic carbocycles. The molecular formula is C16H23NS. The highest BCUT2D eigenvalue weighted by Crippen LogP contribution is 2.32. The van der Waals surface area contributed by atoms with Crippen molar-refractivity contribution < 1.29 is 0 Å². The lowest BCUT2D eigenvalue weighted by Crippen LogP contribution is -2.10. The van der Waals surface area contributed by atoms with Gasteiger partial charge in [0.25, 0.3) is 0 Å². The minimum absolute atomic E-state index is 0.147. The van der Waals surface area contributed by atoms with Gasteiger partial charge < -0.3 is 0 Å². The lowest BCUT2D eigenvalue weighted by Gasteiger charge is -2.17. The molecule has 98 valence electrons. The third-order valence-corrected chi connectivity index (χ3v) is 4.29. The highest BCUT2D eigenvalue weighted by Gasteiger charge is 2.19. The third-order valence-electron chi connectivity index (χ3n) is 2.83. The molecule has 1 aromatic heterocycles. The van der Waals surface area contributed by atoms with E-state index in [2.05, 4.69) is 59.7 Å². The van der Waals surface area contributed by atoms with Crippen molar-refractivity contribution in [2.75, 3.05) is 0 Å². The second-order valence-corrected chi connectivity index (χ2v) is 8.34. The fraction of sp³-hybridized carbons (Fsp3) is 0.562. The fourth-order valence-electron chi connectivity index (χ4n) is 2.02. The summed E-state index contributed by atoms with van der Waals surface area (Å²) in [7, 11) is 0. The Bertz CT molecular complexity index is 552. The Morgan fingerprint density at radius 2 is 1.72 bits per heavy atom. The molecule has 0 radical (unpaired) electrons. The fourth-order valence-corrected chi connectivity index (χ4v) is 3.02. The molecule has 0 spiro atoms. The van der Waals surface area contributed by atoms with Gasteiger partial charge in [0.2, 0.25) is 0 Å². The van der Waals surface area contributed by atoms with Crippen LogP contribution in [0.1, 0.15) is 52.1 Å². The van der Waals surface area contributed by atoms with Crippen molar-refractivity contribution in [3.8, 4) is 0 Å². The first-order valence-electron chi connectivity index (χ1n) is 6.55. The van der Waals surface area contributed by atoms with Crippen LogP contribution in [0.4, 0.5) is 0 Å². The van der Waals surface area contributed by atoms with Crippen molar-refractivity contribution in [3.05, 3.63) is 28.8 Å². The molecule has 0 saturated heterocycles. The smallest absolute Gasteiger partial charge is 0.0992 e. The molecule has 2 heteroatoms. The number of hydrogen-bond donors (Lipinski definition) is 0. The third kappa shape index (κ3) is 3.11. The van der Waals surface area contributed by atoms with Crippen molar-refractivity contribution >= 4 is 21.6 Å². The van der Waals surface area contributed by atoms with Gasteiger partial charge in [-0.2, -0.15) is 0 Å². The normalized spacial score (nSPS) is 13.2. The number of rotatable bonds is 1. The van der Waals surface area contributed by atoms with Crippen molar-refractivity contribution in [3.63, 3.8) is 0 Å². The molecule has 0 atom stereocenters. The highest BCUT2D eigenvalue weighted by molar-refractivity contribution is 7.18. The maximum atomic E-state index is 4.79. The highest BCUT2D eigenvalue weighted by atomic mass is 32.1. The maximum absolute atomic E-state index is 4.79. The van der Waals surface area contributed by atoms with E-state index in [1.165, 1.54) is 15.3 Å². The van der Waals surface area contributed by atoms with Crippen LogP contribution >= 0.6 is 11.3 Å². The summed E-state index contributed by atoms with van der Waals surface area (Å²) in [6, 6.07) is 6.73. The molecule has 0 bridgehead atoms. The molecule has 2 aromatic rings. The number of thiazole rings is 1. The first-order valence-corrected chi connectivity index (χ1v) is 7.37. The molecule has 0 saturated carbocycles. The van der Waals surface area contributed by atoms with E-state index < -0.39 is 0 Å². The number of hydrogen-bond acceptors (Lipinski definition) is 2. The van der Waals surface area contributed by atoms with E-state index in [4.69, 9.17) is 4.98 Å². The van der Waals surface area contributed by atoms with Crippen LogP contribution in [0.25, 0.3) is 10.2 Å². The quantitative estimate of drug-likeness (QED) is 0.689. The molecular weight excluding hydrogens is 238 g/mol. The van der Waals surface area contributed by atoms with E-state index in [9.17, 15) is 0 Å². The Labute approximate surface area is 114 Å². The SMILES string of the molecule is CC(C)(C)Cc1ccc2sc(C(C)(C)C)nc2c1. The van der Waals surface area contributed by atoms with Gasteiger partial charge in [0.05, 0.1) is 15.2 Å². The van der Waals surface area contributed by atoms with E-state index in [-0.39, 0.29) is 5.41 Å². The lowest BCUT2D eigenvalue weighted by molar-refractivity contribution is 0.411. The minimum Gasteiger partial charge on any atom is -0.241 e. The average molecular weight is 261 g/mol. The van der Waals surface area contributed by atoms with Crippen molar-refractivity contribution in [2.24, 2.45) is 5.41 Å². The van der Waals surface area contributed by atoms with Crippen molar-refractivity contribution in [1.29, 1.82) is 0 Å². The Morgan fingerprint density at radius 1 is 1.06 bits per heavy atom. The lowest BCUT2D eigenvalue weighted by atomic mass is 9.88. The van der Waals surface area contributed by atoms with Crippen LogP contribution in [0, 0.1) is 5.41 Å². The molecule has 1 nitrogen and oxygen atoms in total. The van der Waals surface area contributed by atoms with Crippen molar-refractivity contribution in [2.45, 2.75) is 53.4 Å². The summed E-state index contributed by atoms with van der Waals surface area (Å²) in [6.07, 6.45) is 1.10. The van der Waals surface area contributed by atoms with Gasteiger partial charge in [-0.15, -0.1) is 11.3 Å². The summed E-state index contributed by atoms with van der Waals surface area (Å²) < 4.78 is 1.30. The molecule has 1 heterocycles. The van der Waals surface area contributed by atoms with Gasteiger partial charge in [-0.25, -0.2) is 4.98 Å². The van der Waals surface area contributed by atoms with Crippen LogP contribution in [0.15, 0.2) is 18.2 Å². The maximum Gasteiger partial charge on any atom is 0.0992 e. The molecule has 0 unspecified atom stereocenters. The molecule has 0 amide bonds. The second kappa shape index (κ2) is 4.34. The topological polar surface area (TPSA) is 12.9 Å². The second-order valence-electron chi connectivity index (χ2n) is 7.31. The van der Waals surface area contributed by atoms with Gasteiger partial charge in [-0.3, -0.25) is 0 Å². The summed E-state index contributed by atoms with van der Waals surface area (Å²) in [5.41, 5.74) is 3.03. The van der Waals surface area contributed by atoms with E-state index in [1.54, 1.807) is 0 Å². The first-order chi connectivity index (χ1) is 8.15. The standard InChI is InChI=1S/C16H23NS/c1-15(2,3)10-11-7-8-13-12(9-11)17-14(18-13)16(4,5)6/h7-9H,10H2,1-6H3. The number of fused-ring (bicyclic) bond motifs is 1. The number of nitrogens with zero attached hydrogens (tertiary/aromatic N) is 1. The number of aromatic nitrogens is 1. The van der Waals surface area contributed by atoms with E-state index in [0.717, 1.165) is 11.9 Å². The van der Waals surface area contributed by atoms with Crippen LogP contribution in [0.2, 0.25) is 0 Å². The van der Waals surface area contributed by atoms with E-state index in [0.29, 0.717) is 5.41 Å². The van der Waals surface area contributed by atoms with E-state index in [1.807, 2.05) is 11.3 Å². The van der Waals surface area contributed by atoms with Gasteiger partial charge in [0, 0.05) is 5.41 Å². The molecule has 0 N–H and O–H groups in total. The van der Waals surface area contributed by atoms with Crippen LogP contribution < -0.4 is 0 Å². The molecule has 2 rings (SSSR count). The van der Waals surface area contributed by atoms with Crippen molar-refractivity contribution in [1.82, 2.24) is 4.98 Å². The summed E-state index contributed by atoms with van der Waals surface area (Å²) in [5, 5.41) is 1.23. The van der Waals surface area contributed by atoms with Gasteiger partial charge >= 0.3 is 0 Å². The zero-order chi connectivity index (χ0) is 13.6. The monoisotopic (exact) mass is 261 g/mol. The summed E-state index contributed by atoms with van der Waals surface area (Å²) in [4.78, 5) is 4.79. The predicted octanol–water partition coefficient (Wildman–Crippen LogP) is 5.18. The predicted molar refractivity (Wildman–Crippen MR) is 81.5 cm³/mol. The van der Waals surface area contributed by atoms with Crippen LogP contribution in [-0.4, -0.2) is 4.98 Å². The Hall–Kier alpha value is -0.890. The average Bonchev–Trinajstić information content (AvgIpc) is 2.57. The minimum atomic E-state index is 0.147. The molecule has 0 aliphatic rings. The Balaban J connectivity index is 2.40. The van der Waals surface area contributed by atoms with Gasteiger partial charge in [0.15, 0.2) is 0 Å². The Morgan fingerprint density at radius 3 is 2.28 bits per heavy atom. The van der Waals surface area contributed by atoms with E-state index >= 15 is 0 Å². The first kappa shape index (κ1) is 13.5. The molecule has 18 heavy (non-hydrogen) atoms. The summed E-state index contributed by atoms with van der Waals surface area (Å²) in [5.74, 6) is 0. The largest absolute Gasteiger partial charge is 0.241 e. The summed E-state index contributed by atoms with van der Waals surface area (Å²) >= 11 is 1.82. The molecule has 0 aliphatic heterocycles. The Kier molecular flexibility index (Phi) is 3.26. The van der Waals surface area contributed by atoms with Crippen LogP contribution in [0.3, 0.4) is 0 Å². The zero-order valence-corrected chi connectivity index (χ0v) is 13.1.